The molecule has 0 unspecified atom stereocenters. The van der Waals surface area contributed by atoms with Crippen molar-refractivity contribution in [3.8, 4) is 11.5 Å². The maximum Gasteiger partial charge on any atom is 0.255 e. The van der Waals surface area contributed by atoms with Gasteiger partial charge in [0.2, 0.25) is 10.0 Å². The first-order valence-electron chi connectivity index (χ1n) is 7.92. The van der Waals surface area contributed by atoms with Crippen LogP contribution in [0.5, 0.6) is 11.5 Å². The number of methoxy groups -OCH3 is 2. The van der Waals surface area contributed by atoms with Gasteiger partial charge in [-0.25, -0.2) is 13.1 Å². The molecule has 0 spiro atoms. The van der Waals surface area contributed by atoms with Gasteiger partial charge in [-0.15, -0.1) is 0 Å². The van der Waals surface area contributed by atoms with E-state index < -0.39 is 15.9 Å². The van der Waals surface area contributed by atoms with Crippen LogP contribution in [0.1, 0.15) is 24.2 Å². The maximum absolute atomic E-state index is 12.4. The largest absolute Gasteiger partial charge is 0.497 e. The van der Waals surface area contributed by atoms with Gasteiger partial charge in [0.05, 0.1) is 24.8 Å². The number of ether oxygens (including phenoxy) is 2. The Kier molecular flexibility index (Phi) is 6.23. The Balaban J connectivity index is 2.32. The SMILES string of the molecule is COc1ccc(C(=O)Nc2cc(S(=O)(=O)NC(C)C)ccc2OC)cc1. The van der Waals surface area contributed by atoms with E-state index >= 15 is 0 Å². The lowest BCUT2D eigenvalue weighted by Gasteiger charge is -2.14. The molecule has 0 aromatic heterocycles. The van der Waals surface area contributed by atoms with Gasteiger partial charge in [0.15, 0.2) is 0 Å². The fraction of sp³-hybridized carbons (Fsp3) is 0.278. The molecule has 26 heavy (non-hydrogen) atoms. The van der Waals surface area contributed by atoms with E-state index in [1.54, 1.807) is 38.1 Å². The lowest BCUT2D eigenvalue weighted by Crippen LogP contribution is -2.30. The predicted molar refractivity (Wildman–Crippen MR) is 99.4 cm³/mol. The molecule has 0 atom stereocenters. The molecule has 0 aliphatic rings. The number of amides is 1. The molecule has 0 aliphatic carbocycles. The lowest BCUT2D eigenvalue weighted by atomic mass is 10.2. The van der Waals surface area contributed by atoms with Crippen molar-refractivity contribution in [2.75, 3.05) is 19.5 Å². The summed E-state index contributed by atoms with van der Waals surface area (Å²) in [7, 11) is -0.708. The molecule has 2 aromatic carbocycles. The first-order chi connectivity index (χ1) is 12.3. The van der Waals surface area contributed by atoms with E-state index in [0.717, 1.165) is 0 Å². The molecule has 2 N–H and O–H groups in total. The second-order valence-electron chi connectivity index (χ2n) is 5.82. The van der Waals surface area contributed by atoms with Crippen LogP contribution >= 0.6 is 0 Å². The summed E-state index contributed by atoms with van der Waals surface area (Å²) in [5, 5.41) is 2.68. The average molecular weight is 378 g/mol. The van der Waals surface area contributed by atoms with Crippen LogP contribution in [0.3, 0.4) is 0 Å². The quantitative estimate of drug-likeness (QED) is 0.772. The van der Waals surface area contributed by atoms with E-state index in [2.05, 4.69) is 10.0 Å². The molecule has 1 amide bonds. The van der Waals surface area contributed by atoms with Crippen LogP contribution in [0.4, 0.5) is 5.69 Å². The first-order valence-corrected chi connectivity index (χ1v) is 9.41. The van der Waals surface area contributed by atoms with Gasteiger partial charge in [-0.3, -0.25) is 4.79 Å². The van der Waals surface area contributed by atoms with Crippen molar-refractivity contribution in [2.45, 2.75) is 24.8 Å². The van der Waals surface area contributed by atoms with Crippen LogP contribution in [0.25, 0.3) is 0 Å². The summed E-state index contributed by atoms with van der Waals surface area (Å²) in [6.45, 7) is 3.46. The van der Waals surface area contributed by atoms with Crippen molar-refractivity contribution >= 4 is 21.6 Å². The highest BCUT2D eigenvalue weighted by Crippen LogP contribution is 2.28. The molecule has 8 heteroatoms. The van der Waals surface area contributed by atoms with Gasteiger partial charge >= 0.3 is 0 Å². The van der Waals surface area contributed by atoms with Crippen molar-refractivity contribution in [2.24, 2.45) is 0 Å². The summed E-state index contributed by atoms with van der Waals surface area (Å²) < 4.78 is 37.5. The zero-order valence-electron chi connectivity index (χ0n) is 15.1. The van der Waals surface area contributed by atoms with Crippen LogP contribution in [-0.4, -0.2) is 34.6 Å². The van der Waals surface area contributed by atoms with Crippen molar-refractivity contribution in [1.82, 2.24) is 4.72 Å². The van der Waals surface area contributed by atoms with Gasteiger partial charge in [-0.2, -0.15) is 0 Å². The van der Waals surface area contributed by atoms with Crippen LogP contribution in [0, 0.1) is 0 Å². The van der Waals surface area contributed by atoms with E-state index in [1.165, 1.54) is 32.4 Å². The van der Waals surface area contributed by atoms with Crippen LogP contribution in [0.2, 0.25) is 0 Å². The van der Waals surface area contributed by atoms with Crippen molar-refractivity contribution in [3.63, 3.8) is 0 Å². The number of sulfonamides is 1. The summed E-state index contributed by atoms with van der Waals surface area (Å²) in [6.07, 6.45) is 0. The van der Waals surface area contributed by atoms with E-state index in [-0.39, 0.29) is 16.6 Å². The molecule has 0 saturated carbocycles. The lowest BCUT2D eigenvalue weighted by molar-refractivity contribution is 0.102. The first kappa shape index (κ1) is 19.7. The highest BCUT2D eigenvalue weighted by molar-refractivity contribution is 7.89. The third kappa shape index (κ3) is 4.74. The number of anilines is 1. The molecule has 140 valence electrons. The molecule has 0 saturated heterocycles. The van der Waals surface area contributed by atoms with Gasteiger partial charge in [0.1, 0.15) is 11.5 Å². The number of rotatable bonds is 7. The Morgan fingerprint density at radius 2 is 1.65 bits per heavy atom. The van der Waals surface area contributed by atoms with E-state index in [4.69, 9.17) is 9.47 Å². The summed E-state index contributed by atoms with van der Waals surface area (Å²) in [5.74, 6) is 0.597. The molecule has 2 rings (SSSR count). The summed E-state index contributed by atoms with van der Waals surface area (Å²) in [5.41, 5.74) is 0.668. The Morgan fingerprint density at radius 1 is 1.00 bits per heavy atom. The molecule has 0 aliphatic heterocycles. The van der Waals surface area contributed by atoms with Crippen LogP contribution < -0.4 is 19.5 Å². The van der Waals surface area contributed by atoms with Gasteiger partial charge in [-0.05, 0) is 56.3 Å². The number of benzene rings is 2. The monoisotopic (exact) mass is 378 g/mol. The fourth-order valence-electron chi connectivity index (χ4n) is 2.27. The van der Waals surface area contributed by atoms with E-state index in [0.29, 0.717) is 17.1 Å². The van der Waals surface area contributed by atoms with Crippen LogP contribution in [-0.2, 0) is 10.0 Å². The van der Waals surface area contributed by atoms with Crippen molar-refractivity contribution in [3.05, 3.63) is 48.0 Å². The number of carbonyl (C=O) groups excluding carboxylic acids is 1. The van der Waals surface area contributed by atoms with Gasteiger partial charge in [0, 0.05) is 11.6 Å². The number of nitrogens with one attached hydrogen (secondary N) is 2. The van der Waals surface area contributed by atoms with Crippen LogP contribution in [0.15, 0.2) is 47.4 Å². The average Bonchev–Trinajstić information content (AvgIpc) is 2.60. The second kappa shape index (κ2) is 8.20. The fourth-order valence-corrected chi connectivity index (χ4v) is 3.54. The Morgan fingerprint density at radius 3 is 2.19 bits per heavy atom. The highest BCUT2D eigenvalue weighted by atomic mass is 32.2. The van der Waals surface area contributed by atoms with Gasteiger partial charge in [-0.1, -0.05) is 0 Å². The molecule has 0 bridgehead atoms. The topological polar surface area (TPSA) is 93.7 Å². The number of hydrogen-bond donors (Lipinski definition) is 2. The van der Waals surface area contributed by atoms with Crippen molar-refractivity contribution in [1.29, 1.82) is 0 Å². The minimum absolute atomic E-state index is 0.0389. The Labute approximate surface area is 153 Å². The molecule has 0 fully saturated rings. The summed E-state index contributed by atoms with van der Waals surface area (Å²) in [4.78, 5) is 12.5. The molecule has 2 aromatic rings. The molecule has 7 nitrogen and oxygen atoms in total. The van der Waals surface area contributed by atoms with E-state index in [1.807, 2.05) is 0 Å². The Bertz CT molecular complexity index is 877. The van der Waals surface area contributed by atoms with Gasteiger partial charge in [0.25, 0.3) is 5.91 Å². The highest BCUT2D eigenvalue weighted by Gasteiger charge is 2.19. The number of hydrogen-bond acceptors (Lipinski definition) is 5. The number of carbonyl (C=O) groups is 1. The second-order valence-corrected chi connectivity index (χ2v) is 7.53. The predicted octanol–water partition coefficient (Wildman–Crippen LogP) is 2.64. The van der Waals surface area contributed by atoms with Gasteiger partial charge < -0.3 is 14.8 Å². The Hall–Kier alpha value is -2.58. The molecule has 0 radical (unpaired) electrons. The minimum Gasteiger partial charge on any atom is -0.497 e. The summed E-state index contributed by atoms with van der Waals surface area (Å²) >= 11 is 0. The zero-order valence-corrected chi connectivity index (χ0v) is 15.9. The summed E-state index contributed by atoms with van der Waals surface area (Å²) in [6, 6.07) is 10.6. The third-order valence-electron chi connectivity index (χ3n) is 3.47. The maximum atomic E-state index is 12.4. The third-order valence-corrected chi connectivity index (χ3v) is 5.13. The zero-order chi connectivity index (χ0) is 19.3. The molecule has 0 heterocycles. The minimum atomic E-state index is -3.69. The smallest absolute Gasteiger partial charge is 0.255 e. The molecular weight excluding hydrogens is 356 g/mol. The molecular formula is C18H22N2O5S. The van der Waals surface area contributed by atoms with Crippen molar-refractivity contribution < 1.29 is 22.7 Å². The van der Waals surface area contributed by atoms with E-state index in [9.17, 15) is 13.2 Å². The normalized spacial score (nSPS) is 11.3. The standard InChI is InChI=1S/C18H22N2O5S/c1-12(2)20-26(22,23)15-9-10-17(25-4)16(11-15)19-18(21)13-5-7-14(24-3)8-6-13/h5-12,20H,1-4H3,(H,19,21).